The van der Waals surface area contributed by atoms with E-state index in [1.54, 1.807) is 0 Å². The van der Waals surface area contributed by atoms with E-state index in [0.29, 0.717) is 11.9 Å². The molecule has 0 radical (unpaired) electrons. The number of hydrogen-bond donors (Lipinski definition) is 0. The molecular formula is C15H29NO. The van der Waals surface area contributed by atoms with Crippen LogP contribution >= 0.6 is 0 Å². The van der Waals surface area contributed by atoms with Crippen molar-refractivity contribution < 1.29 is 4.79 Å². The van der Waals surface area contributed by atoms with E-state index in [2.05, 4.69) is 25.7 Å². The predicted octanol–water partition coefficient (Wildman–Crippen LogP) is 3.99. The molecule has 1 aliphatic rings. The van der Waals surface area contributed by atoms with Gasteiger partial charge in [-0.3, -0.25) is 4.79 Å². The Kier molecular flexibility index (Phi) is 6.61. The van der Waals surface area contributed by atoms with Crippen LogP contribution in [0.1, 0.15) is 72.1 Å². The average molecular weight is 239 g/mol. The second kappa shape index (κ2) is 7.73. The van der Waals surface area contributed by atoms with Crippen molar-refractivity contribution in [3.63, 3.8) is 0 Å². The van der Waals surface area contributed by atoms with E-state index in [1.165, 1.54) is 44.9 Å². The van der Waals surface area contributed by atoms with E-state index in [0.717, 1.165) is 13.0 Å². The molecule has 100 valence electrons. The fourth-order valence-electron chi connectivity index (χ4n) is 2.84. The lowest BCUT2D eigenvalue weighted by molar-refractivity contribution is -0.139. The van der Waals surface area contributed by atoms with Gasteiger partial charge in [0, 0.05) is 18.5 Å². The standard InChI is InChI=1S/C15H29NO/c1-4-6-10-13(3)15(17)16-12-8-7-11-14(16)9-5-2/h13-14H,4-12H2,1-3H3. The molecule has 2 heteroatoms. The quantitative estimate of drug-likeness (QED) is 0.686. The van der Waals surface area contributed by atoms with Crippen molar-refractivity contribution >= 4 is 5.91 Å². The van der Waals surface area contributed by atoms with Gasteiger partial charge in [-0.25, -0.2) is 0 Å². The van der Waals surface area contributed by atoms with Crippen LogP contribution in [0, 0.1) is 5.92 Å². The first-order valence-corrected chi connectivity index (χ1v) is 7.51. The smallest absolute Gasteiger partial charge is 0.225 e. The Morgan fingerprint density at radius 2 is 2.06 bits per heavy atom. The molecule has 0 aliphatic carbocycles. The normalized spacial score (nSPS) is 22.5. The summed E-state index contributed by atoms with van der Waals surface area (Å²) in [7, 11) is 0. The molecule has 0 aromatic carbocycles. The summed E-state index contributed by atoms with van der Waals surface area (Å²) in [5.41, 5.74) is 0. The molecule has 0 N–H and O–H groups in total. The molecule has 2 unspecified atom stereocenters. The van der Waals surface area contributed by atoms with Gasteiger partial charge in [0.25, 0.3) is 0 Å². The Balaban J connectivity index is 2.51. The fourth-order valence-corrected chi connectivity index (χ4v) is 2.84. The van der Waals surface area contributed by atoms with E-state index >= 15 is 0 Å². The minimum Gasteiger partial charge on any atom is -0.339 e. The second-order valence-corrected chi connectivity index (χ2v) is 5.51. The SMILES string of the molecule is CCCCC(C)C(=O)N1CCCCC1CCC. The highest BCUT2D eigenvalue weighted by atomic mass is 16.2. The minimum absolute atomic E-state index is 0.229. The number of likely N-dealkylation sites (tertiary alicyclic amines) is 1. The molecule has 1 aliphatic heterocycles. The van der Waals surface area contributed by atoms with Gasteiger partial charge in [0.05, 0.1) is 0 Å². The lowest BCUT2D eigenvalue weighted by Crippen LogP contribution is -2.45. The van der Waals surface area contributed by atoms with Crippen molar-refractivity contribution in [3.8, 4) is 0 Å². The third-order valence-corrected chi connectivity index (χ3v) is 3.94. The van der Waals surface area contributed by atoms with Crippen molar-refractivity contribution in [1.82, 2.24) is 4.90 Å². The summed E-state index contributed by atoms with van der Waals surface area (Å²) >= 11 is 0. The van der Waals surface area contributed by atoms with Crippen LogP contribution in [0.5, 0.6) is 0 Å². The Morgan fingerprint density at radius 3 is 2.71 bits per heavy atom. The summed E-state index contributed by atoms with van der Waals surface area (Å²) < 4.78 is 0. The number of hydrogen-bond acceptors (Lipinski definition) is 1. The zero-order valence-corrected chi connectivity index (χ0v) is 11.9. The first-order chi connectivity index (χ1) is 8.20. The largest absolute Gasteiger partial charge is 0.339 e. The summed E-state index contributed by atoms with van der Waals surface area (Å²) in [6, 6.07) is 0.533. The van der Waals surface area contributed by atoms with Crippen molar-refractivity contribution in [2.75, 3.05) is 6.54 Å². The highest BCUT2D eigenvalue weighted by Crippen LogP contribution is 2.24. The molecule has 0 spiro atoms. The Morgan fingerprint density at radius 1 is 1.29 bits per heavy atom. The molecule has 0 bridgehead atoms. The number of carbonyl (C=O) groups is 1. The number of nitrogens with zero attached hydrogens (tertiary/aromatic N) is 1. The van der Waals surface area contributed by atoms with Gasteiger partial charge in [-0.2, -0.15) is 0 Å². The first kappa shape index (κ1) is 14.5. The van der Waals surface area contributed by atoms with Crippen molar-refractivity contribution in [2.24, 2.45) is 5.92 Å². The molecule has 2 atom stereocenters. The monoisotopic (exact) mass is 239 g/mol. The number of unbranched alkanes of at least 4 members (excludes halogenated alkanes) is 1. The number of amides is 1. The summed E-state index contributed by atoms with van der Waals surface area (Å²) in [6.45, 7) is 7.52. The van der Waals surface area contributed by atoms with Crippen LogP contribution in [-0.4, -0.2) is 23.4 Å². The topological polar surface area (TPSA) is 20.3 Å². The molecule has 1 saturated heterocycles. The minimum atomic E-state index is 0.229. The molecule has 1 fully saturated rings. The summed E-state index contributed by atoms with van der Waals surface area (Å²) in [4.78, 5) is 14.6. The third kappa shape index (κ3) is 4.33. The van der Waals surface area contributed by atoms with Crippen molar-refractivity contribution in [3.05, 3.63) is 0 Å². The van der Waals surface area contributed by atoms with Crippen LogP contribution in [0.25, 0.3) is 0 Å². The van der Waals surface area contributed by atoms with E-state index in [4.69, 9.17) is 0 Å². The Labute approximate surface area is 107 Å². The Hall–Kier alpha value is -0.530. The maximum absolute atomic E-state index is 12.4. The highest BCUT2D eigenvalue weighted by Gasteiger charge is 2.28. The van der Waals surface area contributed by atoms with Gasteiger partial charge < -0.3 is 4.90 Å². The molecule has 0 aromatic rings. The Bertz CT molecular complexity index is 225. The van der Waals surface area contributed by atoms with Crippen LogP contribution in [0.3, 0.4) is 0 Å². The van der Waals surface area contributed by atoms with E-state index in [9.17, 15) is 4.79 Å². The van der Waals surface area contributed by atoms with Crippen LogP contribution in [0.4, 0.5) is 0 Å². The molecular weight excluding hydrogens is 210 g/mol. The molecule has 1 heterocycles. The van der Waals surface area contributed by atoms with Gasteiger partial charge in [0.1, 0.15) is 0 Å². The predicted molar refractivity (Wildman–Crippen MR) is 72.9 cm³/mol. The second-order valence-electron chi connectivity index (χ2n) is 5.51. The first-order valence-electron chi connectivity index (χ1n) is 7.51. The van der Waals surface area contributed by atoms with Crippen molar-refractivity contribution in [2.45, 2.75) is 78.2 Å². The van der Waals surface area contributed by atoms with E-state index < -0.39 is 0 Å². The molecule has 0 saturated carbocycles. The highest BCUT2D eigenvalue weighted by molar-refractivity contribution is 5.78. The molecule has 17 heavy (non-hydrogen) atoms. The van der Waals surface area contributed by atoms with Gasteiger partial charge in [-0.1, -0.05) is 40.0 Å². The van der Waals surface area contributed by atoms with Crippen LogP contribution in [0.15, 0.2) is 0 Å². The maximum atomic E-state index is 12.4. The van der Waals surface area contributed by atoms with Crippen molar-refractivity contribution in [1.29, 1.82) is 0 Å². The molecule has 1 rings (SSSR count). The third-order valence-electron chi connectivity index (χ3n) is 3.94. The fraction of sp³-hybridized carbons (Fsp3) is 0.933. The number of rotatable bonds is 6. The summed E-state index contributed by atoms with van der Waals surface area (Å²) in [5.74, 6) is 0.643. The van der Waals surface area contributed by atoms with Gasteiger partial charge >= 0.3 is 0 Å². The molecule has 2 nitrogen and oxygen atoms in total. The lowest BCUT2D eigenvalue weighted by Gasteiger charge is -2.37. The van der Waals surface area contributed by atoms with Gasteiger partial charge in [0.2, 0.25) is 5.91 Å². The van der Waals surface area contributed by atoms with Crippen LogP contribution < -0.4 is 0 Å². The maximum Gasteiger partial charge on any atom is 0.225 e. The van der Waals surface area contributed by atoms with Crippen LogP contribution in [0.2, 0.25) is 0 Å². The molecule has 1 amide bonds. The van der Waals surface area contributed by atoms with Gasteiger partial charge in [-0.15, -0.1) is 0 Å². The average Bonchev–Trinajstić information content (AvgIpc) is 2.36. The zero-order chi connectivity index (χ0) is 12.7. The van der Waals surface area contributed by atoms with E-state index in [1.807, 2.05) is 0 Å². The lowest BCUT2D eigenvalue weighted by atomic mass is 9.95. The van der Waals surface area contributed by atoms with E-state index in [-0.39, 0.29) is 5.92 Å². The summed E-state index contributed by atoms with van der Waals surface area (Å²) in [5, 5.41) is 0. The number of piperidine rings is 1. The summed E-state index contributed by atoms with van der Waals surface area (Å²) in [6.07, 6.45) is 9.54. The van der Waals surface area contributed by atoms with Gasteiger partial charge in [0.15, 0.2) is 0 Å². The number of carbonyl (C=O) groups excluding carboxylic acids is 1. The van der Waals surface area contributed by atoms with Crippen LogP contribution in [-0.2, 0) is 4.79 Å². The zero-order valence-electron chi connectivity index (χ0n) is 11.9. The molecule has 0 aromatic heterocycles. The van der Waals surface area contributed by atoms with Gasteiger partial charge in [-0.05, 0) is 32.1 Å².